The van der Waals surface area contributed by atoms with E-state index in [9.17, 15) is 13.5 Å². The quantitative estimate of drug-likeness (QED) is 0.770. The highest BCUT2D eigenvalue weighted by molar-refractivity contribution is 7.89. The molecule has 3 atom stereocenters. The fourth-order valence-electron chi connectivity index (χ4n) is 3.62. The van der Waals surface area contributed by atoms with Crippen LogP contribution in [0.15, 0.2) is 29.2 Å². The number of benzene rings is 1. The van der Waals surface area contributed by atoms with E-state index >= 15 is 0 Å². The zero-order chi connectivity index (χ0) is 18.0. The van der Waals surface area contributed by atoms with E-state index in [1.54, 1.807) is 24.3 Å². The van der Waals surface area contributed by atoms with Gasteiger partial charge in [-0.3, -0.25) is 9.80 Å². The molecule has 2 aliphatic heterocycles. The third-order valence-corrected chi connectivity index (χ3v) is 6.31. The van der Waals surface area contributed by atoms with Crippen molar-refractivity contribution in [2.75, 3.05) is 39.8 Å². The summed E-state index contributed by atoms with van der Waals surface area (Å²) in [5.74, 6) is 0.369. The van der Waals surface area contributed by atoms with Crippen molar-refractivity contribution >= 4 is 10.0 Å². The third-order valence-electron chi connectivity index (χ3n) is 4.84. The average Bonchev–Trinajstić information content (AvgIpc) is 2.95. The summed E-state index contributed by atoms with van der Waals surface area (Å²) < 4.78 is 33.8. The zero-order valence-corrected chi connectivity index (χ0v) is 15.6. The minimum absolute atomic E-state index is 0.0168. The summed E-state index contributed by atoms with van der Waals surface area (Å²) >= 11 is 0. The number of β-amino-alcohol motifs (C(OH)–C–C–N with tert-alkyl or cyclic N) is 1. The van der Waals surface area contributed by atoms with Gasteiger partial charge < -0.3 is 9.84 Å². The lowest BCUT2D eigenvalue weighted by atomic mass is 10.1. The van der Waals surface area contributed by atoms with Gasteiger partial charge in [-0.2, -0.15) is 0 Å². The number of aliphatic hydroxyl groups is 1. The number of nitrogens with zero attached hydrogens (tertiary/aromatic N) is 2. The van der Waals surface area contributed by atoms with Crippen LogP contribution in [-0.2, 0) is 10.0 Å². The van der Waals surface area contributed by atoms with Gasteiger partial charge in [-0.1, -0.05) is 19.1 Å². The van der Waals surface area contributed by atoms with Crippen LogP contribution in [0.25, 0.3) is 0 Å². The molecule has 2 N–H and O–H groups in total. The third kappa shape index (κ3) is 4.15. The number of likely N-dealkylation sites (N-methyl/N-ethyl adjacent to an activating group) is 1. The molecule has 0 amide bonds. The van der Waals surface area contributed by atoms with E-state index in [1.165, 1.54) is 0 Å². The van der Waals surface area contributed by atoms with Gasteiger partial charge >= 0.3 is 0 Å². The number of nitrogens with one attached hydrogen (secondary N) is 1. The Morgan fingerprint density at radius 2 is 2.04 bits per heavy atom. The first-order chi connectivity index (χ1) is 11.9. The van der Waals surface area contributed by atoms with Crippen LogP contribution < -0.4 is 9.46 Å². The van der Waals surface area contributed by atoms with Gasteiger partial charge in [-0.15, -0.1) is 0 Å². The van der Waals surface area contributed by atoms with Gasteiger partial charge in [0.2, 0.25) is 10.0 Å². The molecule has 0 radical (unpaired) electrons. The van der Waals surface area contributed by atoms with Crippen LogP contribution in [0.5, 0.6) is 5.75 Å². The lowest BCUT2D eigenvalue weighted by molar-refractivity contribution is 0.0713. The van der Waals surface area contributed by atoms with Crippen molar-refractivity contribution in [1.82, 2.24) is 14.5 Å². The molecule has 2 heterocycles. The lowest BCUT2D eigenvalue weighted by Crippen LogP contribution is -2.47. The first kappa shape index (κ1) is 18.6. The van der Waals surface area contributed by atoms with E-state index in [2.05, 4.69) is 21.4 Å². The average molecular weight is 369 g/mol. The molecule has 3 rings (SSSR count). The van der Waals surface area contributed by atoms with E-state index < -0.39 is 16.1 Å². The maximum absolute atomic E-state index is 12.6. The summed E-state index contributed by atoms with van der Waals surface area (Å²) in [5.41, 5.74) is 0. The highest BCUT2D eigenvalue weighted by atomic mass is 32.2. The number of hydrogen-bond donors (Lipinski definition) is 2. The Balaban J connectivity index is 1.96. The van der Waals surface area contributed by atoms with Crippen molar-refractivity contribution in [1.29, 1.82) is 0 Å². The predicted molar refractivity (Wildman–Crippen MR) is 95.2 cm³/mol. The Morgan fingerprint density at radius 1 is 1.28 bits per heavy atom. The second-order valence-corrected chi connectivity index (χ2v) is 8.61. The Labute approximate surface area is 149 Å². The summed E-state index contributed by atoms with van der Waals surface area (Å²) in [7, 11) is -1.77. The first-order valence-electron chi connectivity index (χ1n) is 8.76. The second kappa shape index (κ2) is 7.59. The van der Waals surface area contributed by atoms with Crippen molar-refractivity contribution < 1.29 is 18.3 Å². The molecule has 1 fully saturated rings. The minimum atomic E-state index is -3.73. The van der Waals surface area contributed by atoms with Gasteiger partial charge in [0.05, 0.1) is 12.1 Å². The Kier molecular flexibility index (Phi) is 5.65. The zero-order valence-electron chi connectivity index (χ0n) is 14.8. The second-order valence-electron chi connectivity index (χ2n) is 6.88. The predicted octanol–water partition coefficient (Wildman–Crippen LogP) is 0.113. The van der Waals surface area contributed by atoms with E-state index in [0.717, 1.165) is 26.1 Å². The van der Waals surface area contributed by atoms with Crippen molar-refractivity contribution in [2.45, 2.75) is 36.5 Å². The van der Waals surface area contributed by atoms with E-state index in [0.29, 0.717) is 12.3 Å². The van der Waals surface area contributed by atoms with E-state index in [4.69, 9.17) is 4.74 Å². The summed E-state index contributed by atoms with van der Waals surface area (Å²) in [6.07, 6.45) is 0.143. The maximum atomic E-state index is 12.6. The minimum Gasteiger partial charge on any atom is -0.486 e. The number of para-hydroxylation sites is 1. The largest absolute Gasteiger partial charge is 0.486 e. The number of rotatable bonds is 2. The molecule has 25 heavy (non-hydrogen) atoms. The molecule has 0 saturated carbocycles. The number of aliphatic hydroxyl groups excluding tert-OH is 1. The molecule has 1 saturated heterocycles. The number of ether oxygens (including phenoxy) is 1. The molecule has 0 aromatic heterocycles. The van der Waals surface area contributed by atoms with Crippen LogP contribution in [0.3, 0.4) is 0 Å². The first-order valence-corrected chi connectivity index (χ1v) is 10.2. The van der Waals surface area contributed by atoms with Gasteiger partial charge in [-0.25, -0.2) is 13.1 Å². The molecule has 0 aliphatic carbocycles. The highest BCUT2D eigenvalue weighted by Crippen LogP contribution is 2.28. The van der Waals surface area contributed by atoms with Crippen LogP contribution in [0.2, 0.25) is 0 Å². The molecular weight excluding hydrogens is 342 g/mol. The van der Waals surface area contributed by atoms with Crippen LogP contribution in [0.4, 0.5) is 0 Å². The monoisotopic (exact) mass is 369 g/mol. The molecule has 140 valence electrons. The molecule has 0 bridgehead atoms. The number of sulfonamides is 1. The smallest absolute Gasteiger partial charge is 0.244 e. The van der Waals surface area contributed by atoms with Crippen molar-refractivity contribution in [2.24, 2.45) is 0 Å². The van der Waals surface area contributed by atoms with Gasteiger partial charge in [0.15, 0.2) is 0 Å². The van der Waals surface area contributed by atoms with Crippen LogP contribution in [0, 0.1) is 0 Å². The molecule has 1 aromatic carbocycles. The van der Waals surface area contributed by atoms with Gasteiger partial charge in [0.1, 0.15) is 16.7 Å². The normalized spacial score (nSPS) is 30.8. The fourth-order valence-corrected chi connectivity index (χ4v) is 4.83. The molecule has 2 aliphatic rings. The Hall–Kier alpha value is -1.19. The lowest BCUT2D eigenvalue weighted by Gasteiger charge is -2.30. The van der Waals surface area contributed by atoms with E-state index in [-0.39, 0.29) is 23.6 Å². The number of likely N-dealkylation sites (tertiary alicyclic amines) is 1. The maximum Gasteiger partial charge on any atom is 0.244 e. The van der Waals surface area contributed by atoms with Crippen LogP contribution in [0.1, 0.15) is 13.3 Å². The molecule has 7 nitrogen and oxygen atoms in total. The highest BCUT2D eigenvalue weighted by Gasteiger charge is 2.38. The Bertz CT molecular complexity index is 697. The molecule has 8 heteroatoms. The fraction of sp³-hybridized carbons (Fsp3) is 0.647. The summed E-state index contributed by atoms with van der Waals surface area (Å²) in [5, 5.41) is 10.2. The topological polar surface area (TPSA) is 82.1 Å². The molecule has 0 spiro atoms. The van der Waals surface area contributed by atoms with Crippen LogP contribution >= 0.6 is 0 Å². The van der Waals surface area contributed by atoms with Crippen molar-refractivity contribution in [3.63, 3.8) is 0 Å². The molecule has 0 unspecified atom stereocenters. The molecule has 1 aromatic rings. The summed E-state index contributed by atoms with van der Waals surface area (Å²) in [6.45, 7) is 5.10. The number of fused-ring (bicyclic) bond motifs is 2. The summed E-state index contributed by atoms with van der Waals surface area (Å²) in [4.78, 5) is 4.53. The van der Waals surface area contributed by atoms with Crippen molar-refractivity contribution in [3.05, 3.63) is 24.3 Å². The van der Waals surface area contributed by atoms with E-state index in [1.807, 2.05) is 7.05 Å². The van der Waals surface area contributed by atoms with Gasteiger partial charge in [-0.05, 0) is 32.1 Å². The van der Waals surface area contributed by atoms with Gasteiger partial charge in [0.25, 0.3) is 0 Å². The number of hydrogen-bond acceptors (Lipinski definition) is 6. The SMILES string of the molecule is CCCN1C[C@@H]2Oc3ccccc3S(=O)(=O)NC[C@H](O)CN(C)[C@@H]2C1. The molecular formula is C17H27N3O4S. The van der Waals surface area contributed by atoms with Gasteiger partial charge in [0, 0.05) is 26.2 Å². The standard InChI is InChI=1S/C17H27N3O4S/c1-3-8-20-11-14-16(12-20)24-15-6-4-5-7-17(15)25(22,23)18-9-13(21)10-19(14)2/h4-7,13-14,16,18,21H,3,8-12H2,1-2H3/t13-,14+,16-/m0/s1. The van der Waals surface area contributed by atoms with Crippen LogP contribution in [-0.4, -0.2) is 81.3 Å². The Morgan fingerprint density at radius 3 is 2.80 bits per heavy atom. The van der Waals surface area contributed by atoms with Crippen molar-refractivity contribution in [3.8, 4) is 5.75 Å². The summed E-state index contributed by atoms with van der Waals surface area (Å²) in [6, 6.07) is 6.80.